The van der Waals surface area contributed by atoms with Gasteiger partial charge < -0.3 is 23.4 Å². The minimum atomic E-state index is -4.20. The fourth-order valence-electron chi connectivity index (χ4n) is 6.49. The lowest BCUT2D eigenvalue weighted by molar-refractivity contribution is -0.0523. The van der Waals surface area contributed by atoms with E-state index in [1.807, 2.05) is 30.3 Å². The van der Waals surface area contributed by atoms with Crippen LogP contribution in [0.2, 0.25) is 23.2 Å². The molecule has 1 atom stereocenters. The van der Waals surface area contributed by atoms with Crippen LogP contribution >= 0.6 is 11.6 Å². The van der Waals surface area contributed by atoms with Gasteiger partial charge in [0.25, 0.3) is 0 Å². The zero-order valence-corrected chi connectivity index (χ0v) is 38.5. The minimum Gasteiger partial charge on any atom is -0.492 e. The number of sulfonamides is 1. The van der Waals surface area contributed by atoms with Crippen LogP contribution in [0.1, 0.15) is 79.5 Å². The van der Waals surface area contributed by atoms with Crippen LogP contribution in [-0.2, 0) is 30.5 Å². The molecule has 0 saturated heterocycles. The summed E-state index contributed by atoms with van der Waals surface area (Å²) >= 11 is 6.64. The number of anilines is 1. The molecular formula is C42H57ClF2N4O9SSi. The van der Waals surface area contributed by atoms with Crippen molar-refractivity contribution in [2.45, 2.75) is 111 Å². The summed E-state index contributed by atoms with van der Waals surface area (Å²) in [7, 11) is -6.53. The van der Waals surface area contributed by atoms with Crippen molar-refractivity contribution in [3.63, 3.8) is 0 Å². The van der Waals surface area contributed by atoms with Crippen molar-refractivity contribution in [3.8, 4) is 11.6 Å². The molecule has 18 heteroatoms. The molecule has 3 aromatic carbocycles. The number of halogens is 3. The number of rotatable bonds is 18. The Bertz CT molecular complexity index is 2190. The van der Waals surface area contributed by atoms with Crippen molar-refractivity contribution in [2.75, 3.05) is 30.3 Å². The van der Waals surface area contributed by atoms with Crippen LogP contribution in [0.15, 0.2) is 66.7 Å². The van der Waals surface area contributed by atoms with Gasteiger partial charge in [0.15, 0.2) is 8.32 Å². The van der Waals surface area contributed by atoms with Crippen molar-refractivity contribution in [2.24, 2.45) is 0 Å². The number of fused-ring (bicyclic) bond motifs is 1. The molecule has 1 amide bonds. The van der Waals surface area contributed by atoms with Crippen molar-refractivity contribution in [1.29, 1.82) is 0 Å². The van der Waals surface area contributed by atoms with Gasteiger partial charge in [0.05, 0.1) is 34.0 Å². The number of alkyl halides is 2. The third-order valence-electron chi connectivity index (χ3n) is 9.51. The Morgan fingerprint density at radius 2 is 1.53 bits per heavy atom. The number of benzene rings is 3. The zero-order chi connectivity index (χ0) is 44.6. The number of nitrogens with zero attached hydrogens (tertiary/aromatic N) is 4. The Kier molecular flexibility index (Phi) is 16.2. The molecule has 0 fully saturated rings. The standard InChI is InChI=1S/C42H57ClF2N4O9SSi/c1-11-60(12-2,13-3)58-36(30-19-22-33(43)35(25-30)49(59(10,52)53)40(51)57-42(7,8)9)28-47(27-29-17-15-14-16-18-29)23-24-54-31-20-21-32-34(26-31)48(39(50)56-41(4,5)6)46-37(32)55-38(44)45/h14-22,25-26,36,38H,11-13,23-24,27-28H2,1-10H3/t36-/m0/s1. The summed E-state index contributed by atoms with van der Waals surface area (Å²) in [6, 6.07) is 21.8. The molecule has 0 unspecified atom stereocenters. The quantitative estimate of drug-likeness (QED) is 0.0882. The number of ether oxygens (including phenoxy) is 4. The Morgan fingerprint density at radius 3 is 2.10 bits per heavy atom. The molecule has 0 spiro atoms. The fraction of sp³-hybridized carbons (Fsp3) is 0.500. The average molecular weight is 896 g/mol. The number of hydrogen-bond donors (Lipinski definition) is 0. The van der Waals surface area contributed by atoms with E-state index in [9.17, 15) is 26.8 Å². The van der Waals surface area contributed by atoms with Crippen LogP contribution in [0, 0.1) is 0 Å². The van der Waals surface area contributed by atoms with Gasteiger partial charge in [-0.05, 0) is 95.1 Å². The Hall–Kier alpha value is -4.29. The SMILES string of the molecule is CC[Si](CC)(CC)O[C@@H](CN(CCOc1ccc2c(OC(F)F)nn(C(=O)OC(C)(C)C)c2c1)Cc1ccccc1)c1ccc(Cl)c(N(C(=O)OC(C)(C)C)S(C)(=O)=O)c1. The van der Waals surface area contributed by atoms with E-state index in [-0.39, 0.29) is 28.2 Å². The van der Waals surface area contributed by atoms with E-state index >= 15 is 0 Å². The zero-order valence-electron chi connectivity index (χ0n) is 36.0. The van der Waals surface area contributed by atoms with Gasteiger partial charge in [-0.2, -0.15) is 17.8 Å². The molecule has 0 aliphatic heterocycles. The summed E-state index contributed by atoms with van der Waals surface area (Å²) in [5.41, 5.74) is -0.150. The maximum Gasteiger partial charge on any atom is 0.435 e. The van der Waals surface area contributed by atoms with E-state index < -0.39 is 60.3 Å². The molecule has 0 radical (unpaired) electrons. The highest BCUT2D eigenvalue weighted by Gasteiger charge is 2.36. The highest BCUT2D eigenvalue weighted by Crippen LogP contribution is 2.37. The summed E-state index contributed by atoms with van der Waals surface area (Å²) < 4.78 is 83.3. The van der Waals surface area contributed by atoms with Gasteiger partial charge in [0.1, 0.15) is 23.6 Å². The summed E-state index contributed by atoms with van der Waals surface area (Å²) in [6.45, 7) is 14.4. The van der Waals surface area contributed by atoms with Gasteiger partial charge in [0.2, 0.25) is 15.9 Å². The van der Waals surface area contributed by atoms with E-state index in [4.69, 9.17) is 30.2 Å². The fourth-order valence-corrected chi connectivity index (χ4v) is 10.4. The van der Waals surface area contributed by atoms with E-state index in [2.05, 4.69) is 35.5 Å². The van der Waals surface area contributed by atoms with Crippen LogP contribution < -0.4 is 13.8 Å². The van der Waals surface area contributed by atoms with Crippen molar-refractivity contribution >= 4 is 58.7 Å². The van der Waals surface area contributed by atoms with Crippen molar-refractivity contribution < 1.29 is 50.2 Å². The smallest absolute Gasteiger partial charge is 0.435 e. The third-order valence-corrected chi connectivity index (χ3v) is 15.5. The van der Waals surface area contributed by atoms with Gasteiger partial charge in [-0.3, -0.25) is 4.90 Å². The lowest BCUT2D eigenvalue weighted by Gasteiger charge is -2.36. The molecule has 13 nitrogen and oxygen atoms in total. The molecule has 0 aliphatic rings. The molecule has 1 aromatic heterocycles. The molecule has 1 heterocycles. The second-order valence-corrected chi connectivity index (χ2v) is 23.4. The lowest BCUT2D eigenvalue weighted by Crippen LogP contribution is -2.42. The molecule has 0 aliphatic carbocycles. The Labute approximate surface area is 358 Å². The Morgan fingerprint density at radius 1 is 0.900 bits per heavy atom. The highest BCUT2D eigenvalue weighted by atomic mass is 35.5. The topological polar surface area (TPSA) is 139 Å². The van der Waals surface area contributed by atoms with Gasteiger partial charge in [-0.15, -0.1) is 5.10 Å². The number of carbonyl (C=O) groups excluding carboxylic acids is 2. The molecule has 4 aromatic rings. The monoisotopic (exact) mass is 894 g/mol. The van der Waals surface area contributed by atoms with Crippen molar-refractivity contribution in [3.05, 3.63) is 82.9 Å². The van der Waals surface area contributed by atoms with E-state index in [1.165, 1.54) is 12.1 Å². The normalized spacial score (nSPS) is 13.1. The van der Waals surface area contributed by atoms with Crippen LogP contribution in [0.3, 0.4) is 0 Å². The first kappa shape index (κ1) is 48.4. The summed E-state index contributed by atoms with van der Waals surface area (Å²) in [4.78, 5) is 28.6. The second-order valence-electron chi connectivity index (χ2n) is 16.4. The first-order valence-electron chi connectivity index (χ1n) is 19.8. The second kappa shape index (κ2) is 20.1. The predicted octanol–water partition coefficient (Wildman–Crippen LogP) is 10.4. The third kappa shape index (κ3) is 13.4. The van der Waals surface area contributed by atoms with Crippen LogP contribution in [0.25, 0.3) is 10.9 Å². The van der Waals surface area contributed by atoms with Crippen LogP contribution in [0.4, 0.5) is 24.1 Å². The summed E-state index contributed by atoms with van der Waals surface area (Å²) in [6.07, 6.45) is -1.65. The van der Waals surface area contributed by atoms with E-state index in [0.717, 1.165) is 34.6 Å². The molecule has 0 saturated carbocycles. The first-order chi connectivity index (χ1) is 28.0. The van der Waals surface area contributed by atoms with Gasteiger partial charge in [-0.25, -0.2) is 18.0 Å². The molecule has 60 heavy (non-hydrogen) atoms. The van der Waals surface area contributed by atoms with Gasteiger partial charge in [0, 0.05) is 25.7 Å². The first-order valence-corrected chi connectivity index (χ1v) is 24.5. The summed E-state index contributed by atoms with van der Waals surface area (Å²) in [5.74, 6) is -0.0950. The number of aromatic nitrogens is 2. The number of hydrogen-bond acceptors (Lipinski definition) is 11. The molecular weight excluding hydrogens is 838 g/mol. The predicted molar refractivity (Wildman–Crippen MR) is 231 cm³/mol. The Balaban J connectivity index is 1.73. The van der Waals surface area contributed by atoms with Gasteiger partial charge in [-0.1, -0.05) is 68.8 Å². The van der Waals surface area contributed by atoms with Crippen LogP contribution in [0.5, 0.6) is 11.6 Å². The average Bonchev–Trinajstić information content (AvgIpc) is 3.49. The molecule has 330 valence electrons. The largest absolute Gasteiger partial charge is 0.492 e. The van der Waals surface area contributed by atoms with Gasteiger partial charge >= 0.3 is 18.8 Å². The molecule has 4 rings (SSSR count). The van der Waals surface area contributed by atoms with E-state index in [1.54, 1.807) is 65.8 Å². The van der Waals surface area contributed by atoms with E-state index in [0.29, 0.717) is 35.3 Å². The molecule has 0 bridgehead atoms. The maximum atomic E-state index is 13.4. The lowest BCUT2D eigenvalue weighted by atomic mass is 10.1. The number of amides is 1. The highest BCUT2D eigenvalue weighted by molar-refractivity contribution is 7.92. The van der Waals surface area contributed by atoms with Crippen LogP contribution in [-0.4, -0.2) is 87.4 Å². The maximum absolute atomic E-state index is 13.4. The summed E-state index contributed by atoms with van der Waals surface area (Å²) in [5, 5.41) is 4.18. The van der Waals surface area contributed by atoms with Crippen molar-refractivity contribution in [1.82, 2.24) is 14.7 Å². The number of carbonyl (C=O) groups is 2. The molecule has 0 N–H and O–H groups in total. The minimum absolute atomic E-state index is 0.0335.